The smallest absolute Gasteiger partial charge is 0.307 e. The predicted octanol–water partition coefficient (Wildman–Crippen LogP) is 1.34. The summed E-state index contributed by atoms with van der Waals surface area (Å²) in [5.74, 6) is -0.730. The van der Waals surface area contributed by atoms with Gasteiger partial charge in [0.05, 0.1) is 25.3 Å². The van der Waals surface area contributed by atoms with E-state index in [9.17, 15) is 14.7 Å². The lowest BCUT2D eigenvalue weighted by Gasteiger charge is -2.35. The highest BCUT2D eigenvalue weighted by molar-refractivity contribution is 5.97. The van der Waals surface area contributed by atoms with Crippen molar-refractivity contribution in [1.82, 2.24) is 9.88 Å². The zero-order valence-electron chi connectivity index (χ0n) is 11.4. The molecule has 1 aromatic heterocycles. The van der Waals surface area contributed by atoms with Crippen LogP contribution in [0.5, 0.6) is 5.75 Å². The molecule has 1 aromatic rings. The molecule has 1 aliphatic heterocycles. The Morgan fingerprint density at radius 1 is 1.50 bits per heavy atom. The minimum Gasteiger partial charge on any atom is -0.505 e. The zero-order valence-corrected chi connectivity index (χ0v) is 11.4. The predicted molar refractivity (Wildman–Crippen MR) is 71.2 cm³/mol. The number of rotatable bonds is 3. The molecular formula is C14H18N2O4. The van der Waals surface area contributed by atoms with Crippen molar-refractivity contribution < 1.29 is 19.4 Å². The third-order valence-corrected chi connectivity index (χ3v) is 3.55. The van der Waals surface area contributed by atoms with Gasteiger partial charge in [0.2, 0.25) is 0 Å². The van der Waals surface area contributed by atoms with Crippen LogP contribution in [-0.4, -0.2) is 46.6 Å². The highest BCUT2D eigenvalue weighted by atomic mass is 16.5. The standard InChI is InChI=1S/C14H18N2O4/c1-20-13(18)8-10-4-2-3-7-16(10)14(19)11-5-6-15-9-12(11)17/h5-6,9-10,17H,2-4,7-8H2,1H3. The number of aromatic nitrogens is 1. The fourth-order valence-corrected chi connectivity index (χ4v) is 2.48. The molecule has 20 heavy (non-hydrogen) atoms. The van der Waals surface area contributed by atoms with Gasteiger partial charge in [-0.15, -0.1) is 0 Å². The summed E-state index contributed by atoms with van der Waals surface area (Å²) in [6.45, 7) is 0.586. The molecule has 6 heteroatoms. The van der Waals surface area contributed by atoms with Crippen molar-refractivity contribution in [2.75, 3.05) is 13.7 Å². The van der Waals surface area contributed by atoms with E-state index in [2.05, 4.69) is 9.72 Å². The molecule has 0 radical (unpaired) electrons. The van der Waals surface area contributed by atoms with E-state index >= 15 is 0 Å². The van der Waals surface area contributed by atoms with Crippen molar-refractivity contribution >= 4 is 11.9 Å². The molecule has 2 heterocycles. The molecule has 1 amide bonds. The van der Waals surface area contributed by atoms with E-state index in [0.717, 1.165) is 19.3 Å². The summed E-state index contributed by atoms with van der Waals surface area (Å²) in [6, 6.07) is 1.32. The van der Waals surface area contributed by atoms with Crippen molar-refractivity contribution in [2.45, 2.75) is 31.7 Å². The third kappa shape index (κ3) is 3.07. The van der Waals surface area contributed by atoms with Crippen LogP contribution in [-0.2, 0) is 9.53 Å². The summed E-state index contributed by atoms with van der Waals surface area (Å²) in [4.78, 5) is 29.3. The number of methoxy groups -OCH3 is 1. The van der Waals surface area contributed by atoms with Gasteiger partial charge in [-0.1, -0.05) is 0 Å². The van der Waals surface area contributed by atoms with Crippen LogP contribution in [0.4, 0.5) is 0 Å². The Morgan fingerprint density at radius 3 is 3.00 bits per heavy atom. The number of hydrogen-bond donors (Lipinski definition) is 1. The number of carbonyl (C=O) groups is 2. The van der Waals surface area contributed by atoms with Crippen LogP contribution >= 0.6 is 0 Å². The average molecular weight is 278 g/mol. The van der Waals surface area contributed by atoms with Crippen LogP contribution in [0.15, 0.2) is 18.5 Å². The van der Waals surface area contributed by atoms with Gasteiger partial charge in [-0.25, -0.2) is 0 Å². The molecule has 1 atom stereocenters. The largest absolute Gasteiger partial charge is 0.505 e. The Bertz CT molecular complexity index is 504. The van der Waals surface area contributed by atoms with Crippen molar-refractivity contribution in [3.8, 4) is 5.75 Å². The third-order valence-electron chi connectivity index (χ3n) is 3.55. The van der Waals surface area contributed by atoms with Crippen molar-refractivity contribution in [3.63, 3.8) is 0 Å². The number of likely N-dealkylation sites (tertiary alicyclic amines) is 1. The minimum atomic E-state index is -0.325. The van der Waals surface area contributed by atoms with Crippen molar-refractivity contribution in [1.29, 1.82) is 0 Å². The summed E-state index contributed by atoms with van der Waals surface area (Å²) < 4.78 is 4.67. The Hall–Kier alpha value is -2.11. The Labute approximate surface area is 117 Å². The number of esters is 1. The first kappa shape index (κ1) is 14.3. The first-order valence-corrected chi connectivity index (χ1v) is 6.64. The summed E-state index contributed by atoms with van der Waals surface area (Å²) in [6.07, 6.45) is 5.54. The number of piperidine rings is 1. The number of hydrogen-bond acceptors (Lipinski definition) is 5. The van der Waals surface area contributed by atoms with Crippen LogP contribution in [0.2, 0.25) is 0 Å². The fourth-order valence-electron chi connectivity index (χ4n) is 2.48. The zero-order chi connectivity index (χ0) is 14.5. The summed E-state index contributed by atoms with van der Waals surface area (Å²) >= 11 is 0. The van der Waals surface area contributed by atoms with Crippen LogP contribution < -0.4 is 0 Å². The molecule has 0 aliphatic carbocycles. The van der Waals surface area contributed by atoms with Gasteiger partial charge in [-0.2, -0.15) is 0 Å². The molecule has 108 valence electrons. The van der Waals surface area contributed by atoms with E-state index in [-0.39, 0.29) is 35.7 Å². The molecule has 0 spiro atoms. The first-order chi connectivity index (χ1) is 9.63. The molecular weight excluding hydrogens is 260 g/mol. The number of amides is 1. The molecule has 1 N–H and O–H groups in total. The van der Waals surface area contributed by atoms with Crippen molar-refractivity contribution in [3.05, 3.63) is 24.0 Å². The number of pyridine rings is 1. The van der Waals surface area contributed by atoms with Crippen LogP contribution in [0.25, 0.3) is 0 Å². The normalized spacial score (nSPS) is 18.6. The van der Waals surface area contributed by atoms with E-state index < -0.39 is 0 Å². The van der Waals surface area contributed by atoms with Gasteiger partial charge >= 0.3 is 5.97 Å². The molecule has 0 bridgehead atoms. The Kier molecular flexibility index (Phi) is 4.55. The lowest BCUT2D eigenvalue weighted by molar-refractivity contribution is -0.142. The molecule has 0 saturated carbocycles. The van der Waals surface area contributed by atoms with Gasteiger partial charge in [-0.05, 0) is 25.3 Å². The van der Waals surface area contributed by atoms with Gasteiger partial charge in [-0.3, -0.25) is 14.6 Å². The van der Waals surface area contributed by atoms with Gasteiger partial charge < -0.3 is 14.7 Å². The van der Waals surface area contributed by atoms with Gasteiger partial charge in [0.25, 0.3) is 5.91 Å². The van der Waals surface area contributed by atoms with Crippen LogP contribution in [0.3, 0.4) is 0 Å². The number of carbonyl (C=O) groups excluding carboxylic acids is 2. The fraction of sp³-hybridized carbons (Fsp3) is 0.500. The number of nitrogens with zero attached hydrogens (tertiary/aromatic N) is 2. The lowest BCUT2D eigenvalue weighted by atomic mass is 9.98. The van der Waals surface area contributed by atoms with Crippen LogP contribution in [0, 0.1) is 0 Å². The summed E-state index contributed by atoms with van der Waals surface area (Å²) in [7, 11) is 1.34. The molecule has 1 saturated heterocycles. The van der Waals surface area contributed by atoms with E-state index in [1.54, 1.807) is 4.90 Å². The van der Waals surface area contributed by atoms with E-state index in [1.165, 1.54) is 25.6 Å². The molecule has 1 unspecified atom stereocenters. The average Bonchev–Trinajstić information content (AvgIpc) is 2.47. The molecule has 2 rings (SSSR count). The topological polar surface area (TPSA) is 79.7 Å². The van der Waals surface area contributed by atoms with Gasteiger partial charge in [0, 0.05) is 18.8 Å². The number of aromatic hydroxyl groups is 1. The highest BCUT2D eigenvalue weighted by Gasteiger charge is 2.30. The second-order valence-corrected chi connectivity index (χ2v) is 4.82. The minimum absolute atomic E-state index is 0.139. The maximum Gasteiger partial charge on any atom is 0.307 e. The lowest BCUT2D eigenvalue weighted by Crippen LogP contribution is -2.44. The van der Waals surface area contributed by atoms with Gasteiger partial charge in [0.15, 0.2) is 0 Å². The molecule has 1 fully saturated rings. The van der Waals surface area contributed by atoms with Gasteiger partial charge in [0.1, 0.15) is 5.75 Å². The monoisotopic (exact) mass is 278 g/mol. The Morgan fingerprint density at radius 2 is 2.30 bits per heavy atom. The van der Waals surface area contributed by atoms with E-state index in [1.807, 2.05) is 0 Å². The highest BCUT2D eigenvalue weighted by Crippen LogP contribution is 2.25. The number of ether oxygens (including phenoxy) is 1. The maximum absolute atomic E-state index is 12.5. The molecule has 0 aromatic carbocycles. The second-order valence-electron chi connectivity index (χ2n) is 4.82. The maximum atomic E-state index is 12.5. The first-order valence-electron chi connectivity index (χ1n) is 6.64. The van der Waals surface area contributed by atoms with E-state index in [4.69, 9.17) is 0 Å². The molecule has 1 aliphatic rings. The van der Waals surface area contributed by atoms with Crippen molar-refractivity contribution in [2.24, 2.45) is 0 Å². The summed E-state index contributed by atoms with van der Waals surface area (Å²) in [5.41, 5.74) is 0.219. The quantitative estimate of drug-likeness (QED) is 0.844. The Balaban J connectivity index is 2.17. The SMILES string of the molecule is COC(=O)CC1CCCCN1C(=O)c1ccncc1O. The van der Waals surface area contributed by atoms with Crippen LogP contribution in [0.1, 0.15) is 36.0 Å². The second kappa shape index (κ2) is 6.36. The van der Waals surface area contributed by atoms with E-state index in [0.29, 0.717) is 6.54 Å². The molecule has 6 nitrogen and oxygen atoms in total. The summed E-state index contributed by atoms with van der Waals surface area (Å²) in [5, 5.41) is 9.72.